The Balaban J connectivity index is 2.68. The lowest BCUT2D eigenvalue weighted by molar-refractivity contribution is -0.0304. The summed E-state index contributed by atoms with van der Waals surface area (Å²) in [6.45, 7) is 5.63. The van der Waals surface area contributed by atoms with Crippen molar-refractivity contribution in [3.05, 3.63) is 0 Å². The molecule has 1 aliphatic rings. The molecular weight excluding hydrogens is 154 g/mol. The van der Waals surface area contributed by atoms with Crippen LogP contribution in [-0.4, -0.2) is 30.5 Å². The summed E-state index contributed by atoms with van der Waals surface area (Å²) in [7, 11) is 0. The number of aliphatic hydroxyl groups excluding tert-OH is 1. The Morgan fingerprint density at radius 1 is 1.50 bits per heavy atom. The summed E-state index contributed by atoms with van der Waals surface area (Å²) in [5, 5.41) is 9.15. The average Bonchev–Trinajstić information content (AvgIpc) is 2.06. The van der Waals surface area contributed by atoms with E-state index in [1.54, 1.807) is 0 Å². The summed E-state index contributed by atoms with van der Waals surface area (Å²) in [5.41, 5.74) is 5.57. The predicted octanol–water partition coefficient (Wildman–Crippen LogP) is 0.513. The third-order valence-corrected chi connectivity index (χ3v) is 3.30. The maximum Gasteiger partial charge on any atom is 0.0613 e. The topological polar surface area (TPSA) is 55.5 Å². The molecule has 0 bridgehead atoms. The van der Waals surface area contributed by atoms with Crippen LogP contribution in [0.15, 0.2) is 0 Å². The van der Waals surface area contributed by atoms with Gasteiger partial charge in [-0.15, -0.1) is 0 Å². The molecule has 0 amide bonds. The second kappa shape index (κ2) is 3.32. The molecule has 3 nitrogen and oxygen atoms in total. The molecule has 1 atom stereocenters. The van der Waals surface area contributed by atoms with Gasteiger partial charge >= 0.3 is 0 Å². The lowest BCUT2D eigenvalue weighted by Gasteiger charge is -2.45. The van der Waals surface area contributed by atoms with Crippen LogP contribution >= 0.6 is 0 Å². The fourth-order valence-electron chi connectivity index (χ4n) is 1.58. The van der Waals surface area contributed by atoms with Crippen molar-refractivity contribution in [2.45, 2.75) is 32.2 Å². The number of aliphatic hydroxyl groups is 1. The van der Waals surface area contributed by atoms with Crippen molar-refractivity contribution in [2.24, 2.45) is 11.1 Å². The van der Waals surface area contributed by atoms with Crippen LogP contribution in [0.5, 0.6) is 0 Å². The maximum absolute atomic E-state index is 9.15. The molecule has 1 rings (SSSR count). The number of ether oxygens (including phenoxy) is 1. The van der Waals surface area contributed by atoms with E-state index in [1.165, 1.54) is 0 Å². The highest BCUT2D eigenvalue weighted by Gasteiger charge is 2.42. The normalized spacial score (nSPS) is 28.0. The van der Waals surface area contributed by atoms with Gasteiger partial charge in [0.15, 0.2) is 0 Å². The molecule has 0 aromatic carbocycles. The van der Waals surface area contributed by atoms with Crippen molar-refractivity contribution in [1.29, 1.82) is 0 Å². The first-order valence-electron chi connectivity index (χ1n) is 4.49. The molecule has 0 aromatic heterocycles. The molecule has 3 N–H and O–H groups in total. The Morgan fingerprint density at radius 3 is 2.42 bits per heavy atom. The van der Waals surface area contributed by atoms with E-state index >= 15 is 0 Å². The first kappa shape index (κ1) is 9.96. The van der Waals surface area contributed by atoms with Gasteiger partial charge in [0.25, 0.3) is 0 Å². The van der Waals surface area contributed by atoms with Gasteiger partial charge in [0.2, 0.25) is 0 Å². The molecule has 0 radical (unpaired) electrons. The van der Waals surface area contributed by atoms with Crippen molar-refractivity contribution in [1.82, 2.24) is 0 Å². The van der Waals surface area contributed by atoms with Gasteiger partial charge in [-0.1, -0.05) is 6.92 Å². The molecule has 0 aromatic rings. The van der Waals surface area contributed by atoms with Crippen LogP contribution in [0.1, 0.15) is 26.7 Å². The van der Waals surface area contributed by atoms with Gasteiger partial charge in [-0.3, -0.25) is 0 Å². The van der Waals surface area contributed by atoms with Crippen LogP contribution < -0.4 is 5.73 Å². The summed E-state index contributed by atoms with van der Waals surface area (Å²) >= 11 is 0. The van der Waals surface area contributed by atoms with Crippen LogP contribution in [0.3, 0.4) is 0 Å². The van der Waals surface area contributed by atoms with E-state index in [4.69, 9.17) is 15.6 Å². The van der Waals surface area contributed by atoms with Gasteiger partial charge in [0.05, 0.1) is 6.61 Å². The van der Waals surface area contributed by atoms with E-state index in [0.29, 0.717) is 0 Å². The van der Waals surface area contributed by atoms with Crippen molar-refractivity contribution >= 4 is 0 Å². The summed E-state index contributed by atoms with van der Waals surface area (Å²) in [4.78, 5) is 0. The van der Waals surface area contributed by atoms with Crippen LogP contribution in [0, 0.1) is 5.41 Å². The molecule has 1 aliphatic heterocycles. The standard InChI is InChI=1S/C9H19NO2/c1-8(9(2,10)7-11)3-5-12-6-4-8/h11H,3-7,10H2,1-2H3. The lowest BCUT2D eigenvalue weighted by atomic mass is 9.68. The Hall–Kier alpha value is -0.120. The van der Waals surface area contributed by atoms with Crippen molar-refractivity contribution in [3.8, 4) is 0 Å². The Bertz CT molecular complexity index is 151. The summed E-state index contributed by atoms with van der Waals surface area (Å²) < 4.78 is 5.27. The van der Waals surface area contributed by atoms with E-state index in [2.05, 4.69) is 6.92 Å². The zero-order chi connectivity index (χ0) is 9.24. The third kappa shape index (κ3) is 1.63. The van der Waals surface area contributed by atoms with E-state index in [0.717, 1.165) is 26.1 Å². The highest BCUT2D eigenvalue weighted by atomic mass is 16.5. The molecule has 1 unspecified atom stereocenters. The van der Waals surface area contributed by atoms with Crippen molar-refractivity contribution in [2.75, 3.05) is 19.8 Å². The number of rotatable bonds is 2. The van der Waals surface area contributed by atoms with Crippen LogP contribution in [0.2, 0.25) is 0 Å². The molecule has 3 heteroatoms. The van der Waals surface area contributed by atoms with Gasteiger partial charge in [-0.2, -0.15) is 0 Å². The monoisotopic (exact) mass is 173 g/mol. The first-order valence-corrected chi connectivity index (χ1v) is 4.49. The van der Waals surface area contributed by atoms with Crippen LogP contribution in [0.25, 0.3) is 0 Å². The zero-order valence-corrected chi connectivity index (χ0v) is 7.97. The zero-order valence-electron chi connectivity index (χ0n) is 7.97. The highest BCUT2D eigenvalue weighted by molar-refractivity contribution is 4.97. The van der Waals surface area contributed by atoms with E-state index in [9.17, 15) is 0 Å². The van der Waals surface area contributed by atoms with Crippen LogP contribution in [0.4, 0.5) is 0 Å². The van der Waals surface area contributed by atoms with Gasteiger partial charge in [0.1, 0.15) is 0 Å². The second-order valence-corrected chi connectivity index (χ2v) is 4.25. The molecule has 1 fully saturated rings. The molecule has 0 aliphatic carbocycles. The highest BCUT2D eigenvalue weighted by Crippen LogP contribution is 2.38. The fraction of sp³-hybridized carbons (Fsp3) is 1.00. The average molecular weight is 173 g/mol. The third-order valence-electron chi connectivity index (χ3n) is 3.30. The minimum atomic E-state index is -0.475. The summed E-state index contributed by atoms with van der Waals surface area (Å²) in [5.74, 6) is 0. The minimum Gasteiger partial charge on any atom is -0.394 e. The quantitative estimate of drug-likeness (QED) is 0.640. The molecule has 0 saturated carbocycles. The summed E-state index contributed by atoms with van der Waals surface area (Å²) in [6.07, 6.45) is 1.89. The lowest BCUT2D eigenvalue weighted by Crippen LogP contribution is -2.56. The molecule has 12 heavy (non-hydrogen) atoms. The molecule has 1 saturated heterocycles. The molecule has 0 spiro atoms. The van der Waals surface area contributed by atoms with Gasteiger partial charge in [-0.25, -0.2) is 0 Å². The predicted molar refractivity (Wildman–Crippen MR) is 47.8 cm³/mol. The largest absolute Gasteiger partial charge is 0.394 e. The number of hydrogen-bond acceptors (Lipinski definition) is 3. The smallest absolute Gasteiger partial charge is 0.0613 e. The first-order chi connectivity index (χ1) is 5.52. The Labute approximate surface area is 73.9 Å². The van der Waals surface area contributed by atoms with E-state index in [-0.39, 0.29) is 12.0 Å². The van der Waals surface area contributed by atoms with Crippen LogP contribution in [-0.2, 0) is 4.74 Å². The SMILES string of the molecule is CC(N)(CO)C1(C)CCOCC1. The van der Waals surface area contributed by atoms with E-state index < -0.39 is 5.54 Å². The molecule has 1 heterocycles. The molecular formula is C9H19NO2. The van der Waals surface area contributed by atoms with Gasteiger partial charge in [-0.05, 0) is 25.2 Å². The fourth-order valence-corrected chi connectivity index (χ4v) is 1.58. The Kier molecular flexibility index (Phi) is 2.76. The summed E-state index contributed by atoms with van der Waals surface area (Å²) in [6, 6.07) is 0. The maximum atomic E-state index is 9.15. The molecule has 72 valence electrons. The Morgan fingerprint density at radius 2 is 2.00 bits per heavy atom. The van der Waals surface area contributed by atoms with Crippen molar-refractivity contribution < 1.29 is 9.84 Å². The number of hydrogen-bond donors (Lipinski definition) is 2. The minimum absolute atomic E-state index is 0.0278. The van der Waals surface area contributed by atoms with Gasteiger partial charge < -0.3 is 15.6 Å². The van der Waals surface area contributed by atoms with E-state index in [1.807, 2.05) is 6.92 Å². The van der Waals surface area contributed by atoms with Gasteiger partial charge in [0, 0.05) is 18.8 Å². The number of nitrogens with two attached hydrogens (primary N) is 1. The van der Waals surface area contributed by atoms with Crippen molar-refractivity contribution in [3.63, 3.8) is 0 Å². The second-order valence-electron chi connectivity index (χ2n) is 4.25.